The number of hydrogen-bond donors (Lipinski definition) is 30. The second-order valence-corrected chi connectivity index (χ2v) is 31.7. The molecule has 49 nitrogen and oxygen atoms in total. The monoisotopic (exact) mass is 1850 g/mol. The van der Waals surface area contributed by atoms with Crippen LogP contribution >= 0.6 is 0 Å². The standard InChI is InChI=1S/C82H136N28O21/c1-8-82(9-2,79(131)108-55(29-21-35-94-81(91)92)73(125)104-52(26-16-18-32-83)71(123)106-56(36-44(3)4)74(126)99-46(6)68(120)105-58(39-61(87)114)75(127)101-51(66(88)118)30-31-60(86)113)110-77(129)59(43-111)107-72(124)53(27-17-19-33-84)103-70(122)54(28-20-34-93-80(89)90)102-67(119)45(5)98-63(116)42-97-78(130)65(47(7)112)109-76(128)57(38-49-24-14-11-15-25-49)100-64(117)41-95-62(115)40-96-69(121)50(85)37-48-22-12-10-13-23-48/h10-15,22-25,44-47,50-59,65,111-112H,8-9,16-21,26-43,83-85H2,1-7H3,(H2,86,113)(H2,87,114)(H2,88,118)(H,95,115)(H,96,121)(H,97,130)(H,98,116)(H,99,126)(H,100,117)(H,101,127)(H,102,119)(H,103,122)(H,104,125)(H,105,120)(H,106,123)(H,107,124)(H,108,131)(H,109,128)(H,110,129)(H4,89,90,93)(H4,91,92,94)/t45-,46-,47+,50-,51-,52-,53-,54-,55-,56-,57-,58-,59-,65-/m0/s1. The molecule has 2 rings (SSSR count). The molecule has 0 radical (unpaired) electrons. The van der Waals surface area contributed by atoms with Crippen molar-refractivity contribution < 1.29 is 101 Å². The SMILES string of the molecule is CCC(CC)(NC(=O)[C@H](CO)NC(=O)[C@H](CCCCN)NC(=O)[C@H](CCCNC(=N)N)NC(=O)[C@H](C)NC(=O)CNC(=O)[C@@H](NC(=O)[C@H](Cc1ccccc1)NC(=O)CNC(=O)CNC(=O)[C@@H](N)Cc1ccccc1)[C@@H](C)O)C(=O)N[C@@H](CCCNC(=N)N)C(=O)N[C@@H](CCCCN)C(=O)N[C@@H](CC(C)C)C(=O)N[C@@H](C)C(=O)N[C@@H](CC(N)=O)C(=O)N[C@@H](CCC(N)=O)C(N)=O. The number of nitrogens with two attached hydrogens (primary N) is 8. The number of rotatable bonds is 64. The molecule has 0 aliphatic carbocycles. The van der Waals surface area contributed by atoms with Crippen LogP contribution in [-0.2, 0) is 104 Å². The van der Waals surface area contributed by atoms with Crippen molar-refractivity contribution in [2.75, 3.05) is 52.4 Å². The fourth-order valence-electron chi connectivity index (χ4n) is 12.9. The van der Waals surface area contributed by atoms with Gasteiger partial charge in [0.25, 0.3) is 0 Å². The Balaban J connectivity index is 2.38. The number of aliphatic hydroxyl groups is 2. The van der Waals surface area contributed by atoms with Crippen molar-refractivity contribution in [3.05, 3.63) is 71.8 Å². The number of amides is 19. The molecule has 38 N–H and O–H groups in total. The van der Waals surface area contributed by atoms with Gasteiger partial charge >= 0.3 is 0 Å². The average Bonchev–Trinajstić information content (AvgIpc) is 0.811. The van der Waals surface area contributed by atoms with Crippen LogP contribution in [0.5, 0.6) is 0 Å². The Bertz CT molecular complexity index is 4170. The van der Waals surface area contributed by atoms with Gasteiger partial charge in [-0.25, -0.2) is 0 Å². The smallest absolute Gasteiger partial charge is 0.246 e. The van der Waals surface area contributed by atoms with E-state index in [1.807, 2.05) is 0 Å². The summed E-state index contributed by atoms with van der Waals surface area (Å²) in [5.74, 6) is -19.6. The third-order valence-corrected chi connectivity index (χ3v) is 20.4. The summed E-state index contributed by atoms with van der Waals surface area (Å²) in [5, 5.41) is 81.3. The molecule has 0 fully saturated rings. The molecule has 0 aliphatic rings. The lowest BCUT2D eigenvalue weighted by Gasteiger charge is -2.35. The Morgan fingerprint density at radius 2 is 0.794 bits per heavy atom. The number of aliphatic hydroxyl groups excluding tert-OH is 2. The third kappa shape index (κ3) is 44.5. The maximum absolute atomic E-state index is 14.9. The zero-order valence-corrected chi connectivity index (χ0v) is 75.1. The fraction of sp³-hybridized carbons (Fsp3) is 0.598. The van der Waals surface area contributed by atoms with Gasteiger partial charge in [-0.2, -0.15) is 0 Å². The lowest BCUT2D eigenvalue weighted by molar-refractivity contribution is -0.139. The van der Waals surface area contributed by atoms with Crippen molar-refractivity contribution in [1.29, 1.82) is 10.8 Å². The van der Waals surface area contributed by atoms with E-state index >= 15 is 0 Å². The summed E-state index contributed by atoms with van der Waals surface area (Å²) >= 11 is 0. The van der Waals surface area contributed by atoms with E-state index in [1.54, 1.807) is 74.5 Å². The van der Waals surface area contributed by atoms with E-state index in [4.69, 9.17) is 56.7 Å². The second kappa shape index (κ2) is 60.5. The molecular weight excluding hydrogens is 1710 g/mol. The fourth-order valence-corrected chi connectivity index (χ4v) is 12.9. The molecule has 19 amide bonds. The molecule has 0 heterocycles. The number of carbonyl (C=O) groups excluding carboxylic acids is 19. The van der Waals surface area contributed by atoms with Crippen LogP contribution in [0.15, 0.2) is 60.7 Å². The van der Waals surface area contributed by atoms with Crippen LogP contribution in [0, 0.1) is 16.7 Å². The molecule has 0 aromatic heterocycles. The summed E-state index contributed by atoms with van der Waals surface area (Å²) < 4.78 is 0. The molecule has 0 spiro atoms. The molecule has 14 atom stereocenters. The maximum Gasteiger partial charge on any atom is 0.246 e. The number of guanidine groups is 2. The molecule has 2 aromatic rings. The quantitative estimate of drug-likeness (QED) is 0.0166. The Kier molecular flexibility index (Phi) is 52.5. The van der Waals surface area contributed by atoms with Crippen molar-refractivity contribution in [2.24, 2.45) is 51.8 Å². The summed E-state index contributed by atoms with van der Waals surface area (Å²) in [6, 6.07) is -2.46. The molecule has 0 bridgehead atoms. The van der Waals surface area contributed by atoms with Gasteiger partial charge in [0.2, 0.25) is 112 Å². The van der Waals surface area contributed by atoms with Crippen molar-refractivity contribution in [2.45, 2.75) is 254 Å². The molecular formula is C82H136N28O21. The first-order valence-corrected chi connectivity index (χ1v) is 43.2. The minimum absolute atomic E-state index is 0.0132. The van der Waals surface area contributed by atoms with Gasteiger partial charge < -0.3 is 152 Å². The lowest BCUT2D eigenvalue weighted by Crippen LogP contribution is -2.65. The Labute approximate surface area is 759 Å². The van der Waals surface area contributed by atoms with Gasteiger partial charge in [0.05, 0.1) is 44.8 Å². The van der Waals surface area contributed by atoms with E-state index in [-0.39, 0.29) is 128 Å². The minimum atomic E-state index is -1.94. The van der Waals surface area contributed by atoms with Crippen molar-refractivity contribution in [3.63, 3.8) is 0 Å². The van der Waals surface area contributed by atoms with E-state index in [9.17, 15) is 101 Å². The molecule has 730 valence electrons. The third-order valence-electron chi connectivity index (χ3n) is 20.4. The lowest BCUT2D eigenvalue weighted by atomic mass is 9.90. The molecule has 0 saturated heterocycles. The Morgan fingerprint density at radius 3 is 1.25 bits per heavy atom. The normalized spacial score (nSPS) is 14.3. The maximum atomic E-state index is 14.9. The van der Waals surface area contributed by atoms with Gasteiger partial charge in [0, 0.05) is 25.9 Å². The van der Waals surface area contributed by atoms with Crippen LogP contribution < -0.4 is 142 Å². The predicted octanol–water partition coefficient (Wildman–Crippen LogP) is -10.5. The Morgan fingerprint density at radius 1 is 0.389 bits per heavy atom. The van der Waals surface area contributed by atoms with Gasteiger partial charge in [0.15, 0.2) is 11.9 Å². The van der Waals surface area contributed by atoms with E-state index in [0.717, 1.165) is 12.5 Å². The van der Waals surface area contributed by atoms with Gasteiger partial charge in [0.1, 0.15) is 78.0 Å². The highest BCUT2D eigenvalue weighted by Gasteiger charge is 2.42. The summed E-state index contributed by atoms with van der Waals surface area (Å²) in [4.78, 5) is 257. The number of primary amides is 3. The van der Waals surface area contributed by atoms with Crippen molar-refractivity contribution >= 4 is 124 Å². The number of carbonyl (C=O) groups is 19. The summed E-state index contributed by atoms with van der Waals surface area (Å²) in [6.07, 6.45) is -3.13. The van der Waals surface area contributed by atoms with Crippen LogP contribution in [0.4, 0.5) is 0 Å². The van der Waals surface area contributed by atoms with E-state index < -0.39 is 247 Å². The molecule has 0 unspecified atom stereocenters. The largest absolute Gasteiger partial charge is 0.394 e. The second-order valence-electron chi connectivity index (χ2n) is 31.7. The first kappa shape index (κ1) is 114. The molecule has 131 heavy (non-hydrogen) atoms. The predicted molar refractivity (Wildman–Crippen MR) is 477 cm³/mol. The first-order chi connectivity index (χ1) is 61.8. The highest BCUT2D eigenvalue weighted by molar-refractivity contribution is 6.02. The van der Waals surface area contributed by atoms with Gasteiger partial charge in [-0.3, -0.25) is 102 Å². The summed E-state index contributed by atoms with van der Waals surface area (Å²) in [7, 11) is 0. The topological polar surface area (TPSA) is 837 Å². The molecule has 49 heteroatoms. The number of unbranched alkanes of at least 4 members (excludes halogenated alkanes) is 2. The molecule has 0 saturated carbocycles. The van der Waals surface area contributed by atoms with Crippen LogP contribution in [0.3, 0.4) is 0 Å². The van der Waals surface area contributed by atoms with Crippen LogP contribution in [0.1, 0.15) is 162 Å². The highest BCUT2D eigenvalue weighted by Crippen LogP contribution is 2.19. The highest BCUT2D eigenvalue weighted by atomic mass is 16.3. The zero-order chi connectivity index (χ0) is 98.6. The van der Waals surface area contributed by atoms with E-state index in [0.29, 0.717) is 18.4 Å². The van der Waals surface area contributed by atoms with E-state index in [2.05, 4.69) is 95.7 Å². The molecule has 2 aromatic carbocycles. The number of nitrogens with one attached hydrogen (secondary N) is 20. The van der Waals surface area contributed by atoms with Crippen molar-refractivity contribution in [3.8, 4) is 0 Å². The van der Waals surface area contributed by atoms with Crippen LogP contribution in [-0.4, -0.2) is 277 Å². The minimum Gasteiger partial charge on any atom is -0.394 e. The number of benzene rings is 2. The summed E-state index contributed by atoms with van der Waals surface area (Å²) in [5.41, 5.74) is 44.0. The number of hydrogen-bond acceptors (Lipinski definition) is 26. The zero-order valence-electron chi connectivity index (χ0n) is 75.1. The van der Waals surface area contributed by atoms with Crippen LogP contribution in [0.2, 0.25) is 0 Å². The van der Waals surface area contributed by atoms with Crippen molar-refractivity contribution in [1.82, 2.24) is 95.7 Å². The first-order valence-electron chi connectivity index (χ1n) is 43.2. The van der Waals surface area contributed by atoms with Gasteiger partial charge in [-0.1, -0.05) is 88.4 Å². The average molecular weight is 1850 g/mol. The van der Waals surface area contributed by atoms with Gasteiger partial charge in [-0.15, -0.1) is 0 Å². The van der Waals surface area contributed by atoms with E-state index in [1.165, 1.54) is 27.7 Å². The van der Waals surface area contributed by atoms with Gasteiger partial charge in [-0.05, 0) is 147 Å². The summed E-state index contributed by atoms with van der Waals surface area (Å²) in [6.45, 7) is 7.07. The molecule has 0 aliphatic heterocycles. The Hall–Kier alpha value is -13.3. The van der Waals surface area contributed by atoms with Crippen LogP contribution in [0.25, 0.3) is 0 Å².